The van der Waals surface area contributed by atoms with Crippen LogP contribution >= 0.6 is 0 Å². The maximum absolute atomic E-state index is 11.9. The third-order valence-electron chi connectivity index (χ3n) is 3.95. The number of amides is 1. The predicted molar refractivity (Wildman–Crippen MR) is 105 cm³/mol. The standard InChI is InChI=1S/C22H21NO4/c1-15-9-16(2)11-19(10-15)23-21(24)13-27-22(25)14-26-20-8-7-17-5-3-4-6-18(17)12-20/h3-12H,13-14H2,1-2H3,(H,23,24). The lowest BCUT2D eigenvalue weighted by Crippen LogP contribution is -2.23. The summed E-state index contributed by atoms with van der Waals surface area (Å²) in [5.41, 5.74) is 2.78. The second kappa shape index (κ2) is 8.36. The molecule has 1 amide bonds. The fourth-order valence-corrected chi connectivity index (χ4v) is 2.83. The highest BCUT2D eigenvalue weighted by Gasteiger charge is 2.09. The topological polar surface area (TPSA) is 64.6 Å². The minimum atomic E-state index is -0.598. The first-order chi connectivity index (χ1) is 13.0. The SMILES string of the molecule is Cc1cc(C)cc(NC(=O)COC(=O)COc2ccc3ccccc3c2)c1. The Hall–Kier alpha value is -3.34. The Morgan fingerprint density at radius 1 is 0.852 bits per heavy atom. The van der Waals surface area contributed by atoms with Gasteiger partial charge in [-0.15, -0.1) is 0 Å². The second-order valence-corrected chi connectivity index (χ2v) is 6.38. The van der Waals surface area contributed by atoms with Crippen molar-refractivity contribution in [3.8, 4) is 5.75 Å². The number of carbonyl (C=O) groups is 2. The fraction of sp³-hybridized carbons (Fsp3) is 0.182. The van der Waals surface area contributed by atoms with Gasteiger partial charge in [0.15, 0.2) is 13.2 Å². The summed E-state index contributed by atoms with van der Waals surface area (Å²) in [6.45, 7) is 3.29. The van der Waals surface area contributed by atoms with Crippen molar-refractivity contribution in [2.75, 3.05) is 18.5 Å². The summed E-state index contributed by atoms with van der Waals surface area (Å²) < 4.78 is 10.4. The molecule has 0 aliphatic rings. The van der Waals surface area contributed by atoms with Crippen molar-refractivity contribution >= 4 is 28.3 Å². The van der Waals surface area contributed by atoms with E-state index in [1.807, 2.05) is 68.4 Å². The van der Waals surface area contributed by atoms with Crippen molar-refractivity contribution in [1.82, 2.24) is 0 Å². The molecule has 1 N–H and O–H groups in total. The van der Waals surface area contributed by atoms with Gasteiger partial charge in [0.05, 0.1) is 0 Å². The molecule has 5 nitrogen and oxygen atoms in total. The quantitative estimate of drug-likeness (QED) is 0.672. The highest BCUT2D eigenvalue weighted by atomic mass is 16.6. The van der Waals surface area contributed by atoms with Crippen molar-refractivity contribution in [2.24, 2.45) is 0 Å². The smallest absolute Gasteiger partial charge is 0.344 e. The van der Waals surface area contributed by atoms with Crippen LogP contribution in [0.5, 0.6) is 5.75 Å². The molecule has 0 bridgehead atoms. The molecule has 0 heterocycles. The molecule has 0 aromatic heterocycles. The molecule has 0 spiro atoms. The summed E-state index contributed by atoms with van der Waals surface area (Å²) in [6.07, 6.45) is 0. The molecular formula is C22H21NO4. The average molecular weight is 363 g/mol. The highest BCUT2D eigenvalue weighted by Crippen LogP contribution is 2.20. The van der Waals surface area contributed by atoms with Gasteiger partial charge in [0.1, 0.15) is 5.75 Å². The minimum Gasteiger partial charge on any atom is -0.482 e. The van der Waals surface area contributed by atoms with Gasteiger partial charge in [-0.1, -0.05) is 36.4 Å². The number of rotatable bonds is 6. The van der Waals surface area contributed by atoms with Crippen LogP contribution in [0.3, 0.4) is 0 Å². The van der Waals surface area contributed by atoms with Crippen molar-refractivity contribution in [3.63, 3.8) is 0 Å². The Morgan fingerprint density at radius 3 is 2.30 bits per heavy atom. The first kappa shape index (κ1) is 18.5. The number of nitrogens with one attached hydrogen (secondary N) is 1. The van der Waals surface area contributed by atoms with Gasteiger partial charge in [-0.2, -0.15) is 0 Å². The number of carbonyl (C=O) groups excluding carboxylic acids is 2. The predicted octanol–water partition coefficient (Wildman–Crippen LogP) is 4.02. The first-order valence-electron chi connectivity index (χ1n) is 8.65. The Labute approximate surface area is 157 Å². The molecule has 0 radical (unpaired) electrons. The molecule has 138 valence electrons. The van der Waals surface area contributed by atoms with Gasteiger partial charge >= 0.3 is 5.97 Å². The van der Waals surface area contributed by atoms with E-state index in [1.165, 1.54) is 0 Å². The normalized spacial score (nSPS) is 10.4. The van der Waals surface area contributed by atoms with E-state index in [2.05, 4.69) is 5.32 Å². The van der Waals surface area contributed by atoms with Crippen molar-refractivity contribution in [1.29, 1.82) is 0 Å². The van der Waals surface area contributed by atoms with E-state index in [0.29, 0.717) is 11.4 Å². The van der Waals surface area contributed by atoms with Crippen LogP contribution in [0.2, 0.25) is 0 Å². The number of hydrogen-bond acceptors (Lipinski definition) is 4. The average Bonchev–Trinajstić information content (AvgIpc) is 2.63. The number of aryl methyl sites for hydroxylation is 2. The maximum Gasteiger partial charge on any atom is 0.344 e. The van der Waals surface area contributed by atoms with Gasteiger partial charge in [-0.25, -0.2) is 4.79 Å². The lowest BCUT2D eigenvalue weighted by Gasteiger charge is -2.09. The molecule has 0 unspecified atom stereocenters. The van der Waals surface area contributed by atoms with Gasteiger partial charge < -0.3 is 14.8 Å². The third kappa shape index (κ3) is 5.31. The van der Waals surface area contributed by atoms with Gasteiger partial charge in [-0.3, -0.25) is 4.79 Å². The van der Waals surface area contributed by atoms with Crippen LogP contribution in [-0.2, 0) is 14.3 Å². The van der Waals surface area contributed by atoms with Gasteiger partial charge in [0.25, 0.3) is 5.91 Å². The molecule has 0 aliphatic carbocycles. The Bertz CT molecular complexity index is 961. The van der Waals surface area contributed by atoms with E-state index in [1.54, 1.807) is 6.07 Å². The molecule has 0 fully saturated rings. The lowest BCUT2D eigenvalue weighted by molar-refractivity contribution is -0.149. The number of hydrogen-bond donors (Lipinski definition) is 1. The molecule has 5 heteroatoms. The van der Waals surface area contributed by atoms with Crippen LogP contribution in [0, 0.1) is 13.8 Å². The van der Waals surface area contributed by atoms with Gasteiger partial charge in [0, 0.05) is 5.69 Å². The minimum absolute atomic E-state index is 0.255. The molecule has 3 rings (SSSR count). The first-order valence-corrected chi connectivity index (χ1v) is 8.65. The molecule has 0 saturated heterocycles. The molecule has 0 saturated carbocycles. The van der Waals surface area contributed by atoms with Crippen LogP contribution in [0.25, 0.3) is 10.8 Å². The number of esters is 1. The van der Waals surface area contributed by atoms with Crippen molar-refractivity contribution < 1.29 is 19.1 Å². The van der Waals surface area contributed by atoms with Gasteiger partial charge in [0.2, 0.25) is 0 Å². The third-order valence-corrected chi connectivity index (χ3v) is 3.95. The summed E-state index contributed by atoms with van der Waals surface area (Å²) in [5.74, 6) is -0.414. The van der Waals surface area contributed by atoms with Gasteiger partial charge in [-0.05, 0) is 60.0 Å². The Morgan fingerprint density at radius 2 is 1.56 bits per heavy atom. The summed E-state index contributed by atoms with van der Waals surface area (Å²) in [4.78, 5) is 23.7. The van der Waals surface area contributed by atoms with E-state index in [4.69, 9.17) is 9.47 Å². The van der Waals surface area contributed by atoms with E-state index in [-0.39, 0.29) is 19.1 Å². The number of fused-ring (bicyclic) bond motifs is 1. The Kier molecular flexibility index (Phi) is 5.71. The van der Waals surface area contributed by atoms with E-state index < -0.39 is 5.97 Å². The molecule has 3 aromatic rings. The second-order valence-electron chi connectivity index (χ2n) is 6.38. The monoisotopic (exact) mass is 363 g/mol. The van der Waals surface area contributed by atoms with Crippen LogP contribution in [0.4, 0.5) is 5.69 Å². The molecule has 0 atom stereocenters. The van der Waals surface area contributed by atoms with Crippen LogP contribution in [0.1, 0.15) is 11.1 Å². The number of benzene rings is 3. The lowest BCUT2D eigenvalue weighted by atomic mass is 10.1. The fourth-order valence-electron chi connectivity index (χ4n) is 2.83. The molecule has 27 heavy (non-hydrogen) atoms. The van der Waals surface area contributed by atoms with Crippen molar-refractivity contribution in [2.45, 2.75) is 13.8 Å². The van der Waals surface area contributed by atoms with E-state index in [9.17, 15) is 9.59 Å². The van der Waals surface area contributed by atoms with Crippen molar-refractivity contribution in [3.05, 3.63) is 71.8 Å². The zero-order valence-electron chi connectivity index (χ0n) is 15.3. The number of ether oxygens (including phenoxy) is 2. The molecule has 0 aliphatic heterocycles. The summed E-state index contributed by atoms with van der Waals surface area (Å²) in [7, 11) is 0. The molecule has 3 aromatic carbocycles. The van der Waals surface area contributed by atoms with E-state index >= 15 is 0 Å². The largest absolute Gasteiger partial charge is 0.482 e. The summed E-state index contributed by atoms with van der Waals surface area (Å²) >= 11 is 0. The summed E-state index contributed by atoms with van der Waals surface area (Å²) in [6, 6.07) is 19.2. The zero-order valence-corrected chi connectivity index (χ0v) is 15.3. The maximum atomic E-state index is 11.9. The van der Waals surface area contributed by atoms with E-state index in [0.717, 1.165) is 21.9 Å². The Balaban J connectivity index is 1.46. The zero-order chi connectivity index (χ0) is 19.2. The van der Waals surface area contributed by atoms with Crippen LogP contribution in [-0.4, -0.2) is 25.1 Å². The number of anilines is 1. The summed E-state index contributed by atoms with van der Waals surface area (Å²) in [5, 5.41) is 4.83. The van der Waals surface area contributed by atoms with Crippen LogP contribution < -0.4 is 10.1 Å². The highest BCUT2D eigenvalue weighted by molar-refractivity contribution is 5.93. The molecular weight excluding hydrogens is 342 g/mol. The van der Waals surface area contributed by atoms with Crippen LogP contribution in [0.15, 0.2) is 60.7 Å².